The van der Waals surface area contributed by atoms with Crippen molar-refractivity contribution in [1.82, 2.24) is 0 Å². The summed E-state index contributed by atoms with van der Waals surface area (Å²) in [6, 6.07) is 0. The third kappa shape index (κ3) is 4.67. The zero-order valence-corrected chi connectivity index (χ0v) is 13.8. The fourth-order valence-corrected chi connectivity index (χ4v) is 2.75. The van der Waals surface area contributed by atoms with Gasteiger partial charge in [-0.2, -0.15) is 0 Å². The van der Waals surface area contributed by atoms with E-state index in [-0.39, 0.29) is 6.61 Å². The molecule has 12 nitrogen and oxygen atoms in total. The number of aliphatic hydroxyl groups is 8. The molecule has 154 valence electrons. The van der Waals surface area contributed by atoms with Crippen LogP contribution in [0.3, 0.4) is 0 Å². The Bertz CT molecular complexity index is 423. The van der Waals surface area contributed by atoms with E-state index >= 15 is 0 Å². The van der Waals surface area contributed by atoms with Crippen LogP contribution >= 0.6 is 0 Å². The molecule has 0 aromatic heterocycles. The van der Waals surface area contributed by atoms with Gasteiger partial charge < -0.3 is 59.8 Å². The Kier molecular flexibility index (Phi) is 8.08. The molecule has 0 aliphatic carbocycles. The highest BCUT2D eigenvalue weighted by Crippen LogP contribution is 2.29. The summed E-state index contributed by atoms with van der Waals surface area (Å²) in [7, 11) is 0. The number of hydrogen-bond acceptors (Lipinski definition) is 12. The standard InChI is InChI=1S/C14H26O12/c15-1-5(18)4-23-13-11(22)9(20)12(7(3-17)25-13)26-14-10(21)8(19)6(2-16)24-14/h5-22H,1-4H2/t5?,6-,7-,8-,9-,10+,11-,12-,13-,14+/m1/s1. The van der Waals surface area contributed by atoms with Gasteiger partial charge in [-0.3, -0.25) is 0 Å². The average Bonchev–Trinajstić information content (AvgIpc) is 2.92. The summed E-state index contributed by atoms with van der Waals surface area (Å²) in [6.45, 7) is -2.18. The fourth-order valence-electron chi connectivity index (χ4n) is 2.75. The van der Waals surface area contributed by atoms with E-state index in [1.165, 1.54) is 0 Å². The van der Waals surface area contributed by atoms with Crippen molar-refractivity contribution in [2.45, 2.75) is 61.4 Å². The van der Waals surface area contributed by atoms with Crippen molar-refractivity contribution in [3.63, 3.8) is 0 Å². The molecule has 10 atom stereocenters. The molecule has 2 saturated heterocycles. The summed E-state index contributed by atoms with van der Waals surface area (Å²) >= 11 is 0. The largest absolute Gasteiger partial charge is 0.394 e. The van der Waals surface area contributed by atoms with Gasteiger partial charge in [0.1, 0.15) is 48.8 Å². The normalized spacial score (nSPS) is 45.0. The lowest BCUT2D eigenvalue weighted by molar-refractivity contribution is -0.332. The summed E-state index contributed by atoms with van der Waals surface area (Å²) in [6.07, 6.45) is -13.9. The summed E-state index contributed by atoms with van der Waals surface area (Å²) in [5, 5.41) is 76.5. The van der Waals surface area contributed by atoms with E-state index in [2.05, 4.69) is 0 Å². The van der Waals surface area contributed by atoms with E-state index < -0.39 is 81.2 Å². The van der Waals surface area contributed by atoms with Crippen LogP contribution in [0.2, 0.25) is 0 Å². The summed E-state index contributed by atoms with van der Waals surface area (Å²) in [5.74, 6) is 0. The van der Waals surface area contributed by atoms with Crippen molar-refractivity contribution >= 4 is 0 Å². The first-order valence-electron chi connectivity index (χ1n) is 8.14. The molecule has 0 spiro atoms. The molecular weight excluding hydrogens is 360 g/mol. The van der Waals surface area contributed by atoms with Gasteiger partial charge in [0.2, 0.25) is 0 Å². The van der Waals surface area contributed by atoms with Crippen LogP contribution in [-0.2, 0) is 18.9 Å². The van der Waals surface area contributed by atoms with Gasteiger partial charge in [0, 0.05) is 0 Å². The molecule has 0 aromatic carbocycles. The molecule has 2 heterocycles. The first kappa shape index (κ1) is 21.8. The highest BCUT2D eigenvalue weighted by atomic mass is 16.7. The Labute approximate surface area is 148 Å². The lowest BCUT2D eigenvalue weighted by atomic mass is 9.99. The number of aliphatic hydroxyl groups excluding tert-OH is 8. The number of ether oxygens (including phenoxy) is 4. The van der Waals surface area contributed by atoms with Crippen LogP contribution < -0.4 is 0 Å². The molecule has 8 N–H and O–H groups in total. The van der Waals surface area contributed by atoms with E-state index in [1.807, 2.05) is 0 Å². The molecule has 12 heteroatoms. The van der Waals surface area contributed by atoms with Crippen molar-refractivity contribution in [2.24, 2.45) is 0 Å². The third-order valence-corrected chi connectivity index (χ3v) is 4.27. The molecule has 0 amide bonds. The van der Waals surface area contributed by atoms with Crippen LogP contribution in [0.5, 0.6) is 0 Å². The van der Waals surface area contributed by atoms with Gasteiger partial charge in [-0.25, -0.2) is 0 Å². The van der Waals surface area contributed by atoms with Gasteiger partial charge in [-0.05, 0) is 0 Å². The summed E-state index contributed by atoms with van der Waals surface area (Å²) < 4.78 is 20.9. The van der Waals surface area contributed by atoms with Crippen LogP contribution in [0.25, 0.3) is 0 Å². The number of rotatable bonds is 8. The first-order chi connectivity index (χ1) is 12.3. The van der Waals surface area contributed by atoms with Crippen LogP contribution in [-0.4, -0.2) is 129 Å². The summed E-state index contributed by atoms with van der Waals surface area (Å²) in [5.41, 5.74) is 0. The maximum atomic E-state index is 10.3. The van der Waals surface area contributed by atoms with E-state index in [9.17, 15) is 30.6 Å². The van der Waals surface area contributed by atoms with Crippen LogP contribution in [0.15, 0.2) is 0 Å². The highest BCUT2D eigenvalue weighted by Gasteiger charge is 2.50. The fraction of sp³-hybridized carbons (Fsp3) is 1.00. The second-order valence-corrected chi connectivity index (χ2v) is 6.18. The van der Waals surface area contributed by atoms with Gasteiger partial charge in [0.05, 0.1) is 26.4 Å². The monoisotopic (exact) mass is 386 g/mol. The molecule has 0 bridgehead atoms. The van der Waals surface area contributed by atoms with Gasteiger partial charge >= 0.3 is 0 Å². The Morgan fingerprint density at radius 1 is 0.769 bits per heavy atom. The van der Waals surface area contributed by atoms with E-state index in [1.54, 1.807) is 0 Å². The van der Waals surface area contributed by atoms with Crippen LogP contribution in [0.4, 0.5) is 0 Å². The smallest absolute Gasteiger partial charge is 0.187 e. The van der Waals surface area contributed by atoms with Crippen LogP contribution in [0, 0.1) is 0 Å². The molecule has 2 aliphatic rings. The second-order valence-electron chi connectivity index (χ2n) is 6.18. The van der Waals surface area contributed by atoms with Crippen molar-refractivity contribution in [3.8, 4) is 0 Å². The minimum absolute atomic E-state index is 0.385. The Morgan fingerprint density at radius 2 is 1.35 bits per heavy atom. The molecule has 0 saturated carbocycles. The second kappa shape index (κ2) is 9.64. The predicted octanol–water partition coefficient (Wildman–Crippen LogP) is -5.38. The molecule has 2 aliphatic heterocycles. The molecule has 0 aromatic rings. The van der Waals surface area contributed by atoms with E-state index in [4.69, 9.17) is 29.2 Å². The molecule has 0 radical (unpaired) electrons. The Hall–Kier alpha value is -0.480. The Balaban J connectivity index is 2.01. The zero-order valence-electron chi connectivity index (χ0n) is 13.8. The van der Waals surface area contributed by atoms with Crippen molar-refractivity contribution in [2.75, 3.05) is 26.4 Å². The maximum Gasteiger partial charge on any atom is 0.187 e. The molecule has 2 fully saturated rings. The summed E-state index contributed by atoms with van der Waals surface area (Å²) in [4.78, 5) is 0. The predicted molar refractivity (Wildman–Crippen MR) is 79.4 cm³/mol. The van der Waals surface area contributed by atoms with Crippen molar-refractivity contribution < 1.29 is 59.8 Å². The highest BCUT2D eigenvalue weighted by molar-refractivity contribution is 4.93. The Morgan fingerprint density at radius 3 is 1.88 bits per heavy atom. The van der Waals surface area contributed by atoms with Crippen LogP contribution in [0.1, 0.15) is 0 Å². The minimum Gasteiger partial charge on any atom is -0.394 e. The lowest BCUT2D eigenvalue weighted by Crippen LogP contribution is -2.61. The third-order valence-electron chi connectivity index (χ3n) is 4.27. The SMILES string of the molecule is OCC(O)CO[C@@H]1O[C@H](CO)[C@@H](O[C@@H]2O[C@H](CO)[C@@H](O)[C@@H]2O)[C@H](O)[C@H]1O. The van der Waals surface area contributed by atoms with Crippen molar-refractivity contribution in [1.29, 1.82) is 0 Å². The molecule has 1 unspecified atom stereocenters. The van der Waals surface area contributed by atoms with Gasteiger partial charge in [-0.15, -0.1) is 0 Å². The topological polar surface area (TPSA) is 199 Å². The minimum atomic E-state index is -1.63. The van der Waals surface area contributed by atoms with Crippen molar-refractivity contribution in [3.05, 3.63) is 0 Å². The van der Waals surface area contributed by atoms with Gasteiger partial charge in [-0.1, -0.05) is 0 Å². The molecular formula is C14H26O12. The van der Waals surface area contributed by atoms with Gasteiger partial charge in [0.15, 0.2) is 12.6 Å². The average molecular weight is 386 g/mol. The zero-order chi connectivity index (χ0) is 19.4. The lowest BCUT2D eigenvalue weighted by Gasteiger charge is -2.42. The molecule has 26 heavy (non-hydrogen) atoms. The number of hydrogen-bond donors (Lipinski definition) is 8. The first-order valence-corrected chi connectivity index (χ1v) is 8.14. The van der Waals surface area contributed by atoms with Gasteiger partial charge in [0.25, 0.3) is 0 Å². The van der Waals surface area contributed by atoms with E-state index in [0.29, 0.717) is 0 Å². The quantitative estimate of drug-likeness (QED) is 0.197. The maximum absolute atomic E-state index is 10.3. The van der Waals surface area contributed by atoms with E-state index in [0.717, 1.165) is 0 Å². The molecule has 2 rings (SSSR count).